The number of aromatic nitrogens is 4. The van der Waals surface area contributed by atoms with Crippen molar-refractivity contribution in [2.45, 2.75) is 49.3 Å². The van der Waals surface area contributed by atoms with Crippen LogP contribution in [-0.2, 0) is 5.75 Å². The van der Waals surface area contributed by atoms with Crippen molar-refractivity contribution in [2.75, 3.05) is 5.32 Å². The fraction of sp³-hybridized carbons (Fsp3) is 0.280. The molecule has 0 saturated heterocycles. The van der Waals surface area contributed by atoms with Gasteiger partial charge in [0.05, 0.1) is 17.1 Å². The Morgan fingerprint density at radius 2 is 2.00 bits per heavy atom. The lowest BCUT2D eigenvalue weighted by molar-refractivity contribution is 0.102. The highest BCUT2D eigenvalue weighted by Gasteiger charge is 2.28. The Labute approximate surface area is 191 Å². The van der Waals surface area contributed by atoms with Gasteiger partial charge in [0.2, 0.25) is 0 Å². The van der Waals surface area contributed by atoms with E-state index in [4.69, 9.17) is 4.98 Å². The molecule has 7 heteroatoms. The highest BCUT2D eigenvalue weighted by molar-refractivity contribution is 7.98. The summed E-state index contributed by atoms with van der Waals surface area (Å²) in [4.78, 5) is 23.3. The molecule has 1 aromatic carbocycles. The van der Waals surface area contributed by atoms with Crippen LogP contribution in [0, 0.1) is 0 Å². The third kappa shape index (κ3) is 4.39. The van der Waals surface area contributed by atoms with E-state index in [0.29, 0.717) is 11.5 Å². The molecule has 1 amide bonds. The molecule has 4 aromatic rings. The zero-order chi connectivity index (χ0) is 22.1. The number of carbonyl (C=O) groups excluding carboxylic acids is 1. The van der Waals surface area contributed by atoms with Gasteiger partial charge in [0.25, 0.3) is 5.91 Å². The summed E-state index contributed by atoms with van der Waals surface area (Å²) < 4.78 is 1.90. The number of hydrogen-bond donors (Lipinski definition) is 1. The number of nitrogens with one attached hydrogen (secondary N) is 1. The normalized spacial score (nSPS) is 13.6. The van der Waals surface area contributed by atoms with E-state index < -0.39 is 0 Å². The van der Waals surface area contributed by atoms with E-state index in [9.17, 15) is 4.79 Å². The van der Waals surface area contributed by atoms with E-state index in [0.717, 1.165) is 45.9 Å². The Bertz CT molecular complexity index is 1250. The van der Waals surface area contributed by atoms with Gasteiger partial charge in [-0.05, 0) is 68.7 Å². The maximum atomic E-state index is 13.2. The third-order valence-electron chi connectivity index (χ3n) is 5.56. The number of carbonyl (C=O) groups is 1. The van der Waals surface area contributed by atoms with Crippen LogP contribution in [0.15, 0.2) is 66.0 Å². The van der Waals surface area contributed by atoms with Gasteiger partial charge >= 0.3 is 0 Å². The molecule has 162 valence electrons. The first-order chi connectivity index (χ1) is 15.6. The average molecular weight is 444 g/mol. The fourth-order valence-electron chi connectivity index (χ4n) is 3.67. The molecule has 0 spiro atoms. The molecule has 1 N–H and O–H groups in total. The monoisotopic (exact) mass is 443 g/mol. The maximum absolute atomic E-state index is 13.2. The van der Waals surface area contributed by atoms with Crippen molar-refractivity contribution < 1.29 is 4.79 Å². The summed E-state index contributed by atoms with van der Waals surface area (Å²) in [5, 5.41) is 8.34. The molecule has 0 aliphatic heterocycles. The second-order valence-corrected chi connectivity index (χ2v) is 9.47. The maximum Gasteiger partial charge on any atom is 0.256 e. The SMILES string of the molecule is CC(C)n1ncc2c(C(=O)Nc3ccc(SCc4cccnc4)cc3)cc(C3CC3)nc21. The molecule has 32 heavy (non-hydrogen) atoms. The molecule has 1 saturated carbocycles. The van der Waals surface area contributed by atoms with Crippen molar-refractivity contribution in [3.8, 4) is 0 Å². The summed E-state index contributed by atoms with van der Waals surface area (Å²) in [7, 11) is 0. The molecule has 0 radical (unpaired) electrons. The minimum atomic E-state index is -0.127. The van der Waals surface area contributed by atoms with Gasteiger partial charge in [-0.2, -0.15) is 5.10 Å². The van der Waals surface area contributed by atoms with Crippen LogP contribution >= 0.6 is 11.8 Å². The lowest BCUT2D eigenvalue weighted by atomic mass is 10.1. The van der Waals surface area contributed by atoms with Crippen LogP contribution in [-0.4, -0.2) is 25.7 Å². The second kappa shape index (κ2) is 8.74. The molecule has 5 rings (SSSR count). The molecule has 3 heterocycles. The van der Waals surface area contributed by atoms with Crippen molar-refractivity contribution in [3.63, 3.8) is 0 Å². The number of thioether (sulfide) groups is 1. The highest BCUT2D eigenvalue weighted by atomic mass is 32.2. The van der Waals surface area contributed by atoms with Gasteiger partial charge in [-0.25, -0.2) is 9.67 Å². The molecule has 1 aliphatic carbocycles. The number of benzene rings is 1. The van der Waals surface area contributed by atoms with E-state index in [1.807, 2.05) is 47.3 Å². The summed E-state index contributed by atoms with van der Waals surface area (Å²) in [5.41, 5.74) is 4.38. The van der Waals surface area contributed by atoms with Crippen LogP contribution in [0.5, 0.6) is 0 Å². The van der Waals surface area contributed by atoms with Gasteiger partial charge in [-0.15, -0.1) is 11.8 Å². The third-order valence-corrected chi connectivity index (χ3v) is 6.64. The Balaban J connectivity index is 1.34. The van der Waals surface area contributed by atoms with Crippen LogP contribution in [0.2, 0.25) is 0 Å². The lowest BCUT2D eigenvalue weighted by Crippen LogP contribution is -2.14. The number of hydrogen-bond acceptors (Lipinski definition) is 5. The zero-order valence-corrected chi connectivity index (χ0v) is 19.0. The van der Waals surface area contributed by atoms with E-state index >= 15 is 0 Å². The van der Waals surface area contributed by atoms with Crippen LogP contribution < -0.4 is 5.32 Å². The van der Waals surface area contributed by atoms with Gasteiger partial charge in [0.1, 0.15) is 0 Å². The van der Waals surface area contributed by atoms with Crippen molar-refractivity contribution in [1.82, 2.24) is 19.7 Å². The summed E-state index contributed by atoms with van der Waals surface area (Å²) in [6, 6.07) is 14.1. The van der Waals surface area contributed by atoms with Gasteiger partial charge in [0, 0.05) is 46.4 Å². The molecular weight excluding hydrogens is 418 g/mol. The van der Waals surface area contributed by atoms with Gasteiger partial charge in [0.15, 0.2) is 5.65 Å². The quantitative estimate of drug-likeness (QED) is 0.364. The summed E-state index contributed by atoms with van der Waals surface area (Å²) >= 11 is 1.74. The Hall–Kier alpha value is -3.19. The van der Waals surface area contributed by atoms with Crippen molar-refractivity contribution in [1.29, 1.82) is 0 Å². The van der Waals surface area contributed by atoms with Crippen LogP contribution in [0.25, 0.3) is 11.0 Å². The van der Waals surface area contributed by atoms with Crippen LogP contribution in [0.1, 0.15) is 60.3 Å². The minimum absolute atomic E-state index is 0.127. The molecule has 6 nitrogen and oxygen atoms in total. The number of rotatable bonds is 7. The minimum Gasteiger partial charge on any atom is -0.322 e. The molecule has 0 bridgehead atoms. The first-order valence-corrected chi connectivity index (χ1v) is 11.9. The van der Waals surface area contributed by atoms with E-state index in [1.165, 1.54) is 5.56 Å². The van der Waals surface area contributed by atoms with Gasteiger partial charge in [-0.3, -0.25) is 9.78 Å². The largest absolute Gasteiger partial charge is 0.322 e. The summed E-state index contributed by atoms with van der Waals surface area (Å²) in [6.07, 6.45) is 7.69. The highest BCUT2D eigenvalue weighted by Crippen LogP contribution is 2.40. The van der Waals surface area contributed by atoms with E-state index in [-0.39, 0.29) is 11.9 Å². The zero-order valence-electron chi connectivity index (χ0n) is 18.2. The number of fused-ring (bicyclic) bond motifs is 1. The molecule has 1 fully saturated rings. The Kier molecular flexibility index (Phi) is 5.66. The molecule has 0 unspecified atom stereocenters. The first kappa shape index (κ1) is 20.7. The first-order valence-electron chi connectivity index (χ1n) is 10.9. The average Bonchev–Trinajstić information content (AvgIpc) is 3.57. The number of nitrogens with zero attached hydrogens (tertiary/aromatic N) is 4. The molecule has 0 atom stereocenters. The van der Waals surface area contributed by atoms with E-state index in [1.54, 1.807) is 24.2 Å². The standard InChI is InChI=1S/C25H25N5OS/c1-16(2)30-24-22(14-27-30)21(12-23(29-24)18-5-6-18)25(31)28-19-7-9-20(10-8-19)32-15-17-4-3-11-26-13-17/h3-4,7-14,16,18H,5-6,15H2,1-2H3,(H,28,31). The topological polar surface area (TPSA) is 72.7 Å². The van der Waals surface area contributed by atoms with Crippen molar-refractivity contribution in [3.05, 3.63) is 77.9 Å². The molecular formula is C25H25N5OS. The second-order valence-electron chi connectivity index (χ2n) is 8.42. The van der Waals surface area contributed by atoms with Gasteiger partial charge < -0.3 is 5.32 Å². The van der Waals surface area contributed by atoms with Crippen molar-refractivity contribution >= 4 is 34.4 Å². The predicted molar refractivity (Wildman–Crippen MR) is 128 cm³/mol. The smallest absolute Gasteiger partial charge is 0.256 e. The Morgan fingerprint density at radius 1 is 1.19 bits per heavy atom. The Morgan fingerprint density at radius 3 is 2.69 bits per heavy atom. The number of pyridine rings is 2. The molecule has 3 aromatic heterocycles. The fourth-order valence-corrected chi connectivity index (χ4v) is 4.51. The van der Waals surface area contributed by atoms with Crippen LogP contribution in [0.4, 0.5) is 5.69 Å². The van der Waals surface area contributed by atoms with Gasteiger partial charge in [-0.1, -0.05) is 6.07 Å². The lowest BCUT2D eigenvalue weighted by Gasteiger charge is -2.11. The summed E-state index contributed by atoms with van der Waals surface area (Å²) in [6.45, 7) is 4.15. The van der Waals surface area contributed by atoms with Crippen LogP contribution in [0.3, 0.4) is 0 Å². The number of amides is 1. The van der Waals surface area contributed by atoms with Crippen molar-refractivity contribution in [2.24, 2.45) is 0 Å². The predicted octanol–water partition coefficient (Wildman–Crippen LogP) is 5.83. The molecule has 1 aliphatic rings. The van der Waals surface area contributed by atoms with E-state index in [2.05, 4.69) is 35.3 Å². The number of anilines is 1. The summed E-state index contributed by atoms with van der Waals surface area (Å²) in [5.74, 6) is 1.19.